The fourth-order valence-corrected chi connectivity index (χ4v) is 2.01. The Balaban J connectivity index is 0.00000243. The molecule has 0 atom stereocenters. The number of nitrogens with zero attached hydrogens (tertiary/aromatic N) is 4. The van der Waals surface area contributed by atoms with Crippen molar-refractivity contribution in [3.05, 3.63) is 54.7 Å². The van der Waals surface area contributed by atoms with E-state index in [4.69, 9.17) is 14.6 Å². The lowest BCUT2D eigenvalue weighted by Crippen LogP contribution is -2.00. The lowest BCUT2D eigenvalue weighted by Gasteiger charge is -2.10. The van der Waals surface area contributed by atoms with Gasteiger partial charge in [-0.05, 0) is 25.1 Å². The van der Waals surface area contributed by atoms with Crippen LogP contribution in [0.1, 0.15) is 17.3 Å². The van der Waals surface area contributed by atoms with E-state index in [1.807, 2.05) is 6.92 Å². The van der Waals surface area contributed by atoms with Crippen LogP contribution in [-0.4, -0.2) is 43.1 Å². The van der Waals surface area contributed by atoms with E-state index >= 15 is 0 Å². The Labute approximate surface area is 148 Å². The molecule has 3 aromatic rings. The number of hydrogen-bond acceptors (Lipinski definition) is 7. The maximum atomic E-state index is 10.9. The summed E-state index contributed by atoms with van der Waals surface area (Å²) in [6.45, 7) is 2.36. The number of rotatable bonds is 6. The molecule has 3 heterocycles. The molecule has 9 nitrogen and oxygen atoms in total. The summed E-state index contributed by atoms with van der Waals surface area (Å²) < 4.78 is 11.2. The molecule has 9 heteroatoms. The maximum absolute atomic E-state index is 10.9. The highest BCUT2D eigenvalue weighted by Gasteiger charge is 2.10. The van der Waals surface area contributed by atoms with Crippen molar-refractivity contribution in [2.45, 2.75) is 6.92 Å². The Bertz CT molecular complexity index is 886. The summed E-state index contributed by atoms with van der Waals surface area (Å²) in [6, 6.07) is 5.20. The van der Waals surface area contributed by atoms with Gasteiger partial charge in [0.1, 0.15) is 5.75 Å². The Morgan fingerprint density at radius 3 is 2.62 bits per heavy atom. The van der Waals surface area contributed by atoms with Gasteiger partial charge in [0.15, 0.2) is 11.6 Å². The fourth-order valence-electron chi connectivity index (χ4n) is 2.01. The van der Waals surface area contributed by atoms with Crippen LogP contribution in [0.4, 0.5) is 0 Å². The molecule has 0 aromatic carbocycles. The van der Waals surface area contributed by atoms with Gasteiger partial charge in [-0.2, -0.15) is 0 Å². The largest absolute Gasteiger partial charge is 0.488 e. The predicted molar refractivity (Wildman–Crippen MR) is 91.3 cm³/mol. The normalized spacial score (nSPS) is 9.88. The predicted octanol–water partition coefficient (Wildman–Crippen LogP) is 2.00. The van der Waals surface area contributed by atoms with E-state index in [-0.39, 0.29) is 11.0 Å². The van der Waals surface area contributed by atoms with E-state index in [9.17, 15) is 4.79 Å². The molecule has 0 unspecified atom stereocenters. The van der Waals surface area contributed by atoms with Crippen LogP contribution in [0.5, 0.6) is 17.4 Å². The topological polar surface area (TPSA) is 139 Å². The van der Waals surface area contributed by atoms with Crippen LogP contribution in [0.2, 0.25) is 0 Å². The Hall–Kier alpha value is -3.59. The van der Waals surface area contributed by atoms with Crippen molar-refractivity contribution in [2.75, 3.05) is 6.61 Å². The number of carboxylic acids is 1. The molecule has 0 spiro atoms. The van der Waals surface area contributed by atoms with Crippen molar-refractivity contribution < 1.29 is 24.9 Å². The molecule has 0 aliphatic carbocycles. The lowest BCUT2D eigenvalue weighted by molar-refractivity contribution is 0.0696. The molecule has 3 rings (SSSR count). The van der Waals surface area contributed by atoms with Crippen LogP contribution >= 0.6 is 0 Å². The summed E-state index contributed by atoms with van der Waals surface area (Å²) in [4.78, 5) is 27.2. The quantitative estimate of drug-likeness (QED) is 0.707. The molecular formula is C17H16N4O5. The van der Waals surface area contributed by atoms with Crippen molar-refractivity contribution in [1.29, 1.82) is 0 Å². The smallest absolute Gasteiger partial charge is 0.338 e. The summed E-state index contributed by atoms with van der Waals surface area (Å²) in [5, 5.41) is 8.89. The van der Waals surface area contributed by atoms with Gasteiger partial charge in [-0.3, -0.25) is 4.98 Å². The zero-order valence-electron chi connectivity index (χ0n) is 13.8. The minimum absolute atomic E-state index is 0. The van der Waals surface area contributed by atoms with Gasteiger partial charge in [-0.1, -0.05) is 0 Å². The highest BCUT2D eigenvalue weighted by molar-refractivity contribution is 5.86. The number of pyridine rings is 2. The van der Waals surface area contributed by atoms with Gasteiger partial charge in [-0.15, -0.1) is 0 Å². The molecule has 3 N–H and O–H groups in total. The van der Waals surface area contributed by atoms with Gasteiger partial charge >= 0.3 is 5.97 Å². The maximum Gasteiger partial charge on any atom is 0.338 e. The number of carbonyl (C=O) groups is 1. The molecule has 0 saturated carbocycles. The molecular weight excluding hydrogens is 340 g/mol. The van der Waals surface area contributed by atoms with Gasteiger partial charge in [0.25, 0.3) is 5.88 Å². The van der Waals surface area contributed by atoms with E-state index in [0.717, 1.165) is 0 Å². The summed E-state index contributed by atoms with van der Waals surface area (Å²) >= 11 is 0. The molecule has 26 heavy (non-hydrogen) atoms. The van der Waals surface area contributed by atoms with Crippen LogP contribution < -0.4 is 9.47 Å². The van der Waals surface area contributed by atoms with E-state index in [1.165, 1.54) is 18.6 Å². The standard InChI is InChI=1S/C17H14N4O4.H2O/c1-2-24-14-4-3-5-19-16(14)25-13-6-11(7-18-10-13)15-20-8-12(9-21-15)17(22)23;/h3-10H,2H2,1H3,(H,22,23);1H2. The van der Waals surface area contributed by atoms with Crippen LogP contribution in [0, 0.1) is 0 Å². The van der Waals surface area contributed by atoms with Crippen molar-refractivity contribution in [1.82, 2.24) is 19.9 Å². The average molecular weight is 356 g/mol. The number of ether oxygens (including phenoxy) is 2. The third-order valence-corrected chi connectivity index (χ3v) is 3.12. The second-order valence-electron chi connectivity index (χ2n) is 4.85. The Morgan fingerprint density at radius 2 is 1.92 bits per heavy atom. The van der Waals surface area contributed by atoms with Crippen molar-refractivity contribution in [3.8, 4) is 28.8 Å². The van der Waals surface area contributed by atoms with E-state index < -0.39 is 5.97 Å². The van der Waals surface area contributed by atoms with Gasteiger partial charge < -0.3 is 20.1 Å². The van der Waals surface area contributed by atoms with Crippen LogP contribution in [0.25, 0.3) is 11.4 Å². The first-order valence-corrected chi connectivity index (χ1v) is 7.44. The molecule has 0 aliphatic heterocycles. The molecule has 0 aliphatic rings. The highest BCUT2D eigenvalue weighted by Crippen LogP contribution is 2.29. The summed E-state index contributed by atoms with van der Waals surface area (Å²) in [7, 11) is 0. The number of aromatic nitrogens is 4. The molecule has 0 bridgehead atoms. The third-order valence-electron chi connectivity index (χ3n) is 3.12. The first kappa shape index (κ1) is 18.7. The SMILES string of the molecule is CCOc1cccnc1Oc1cncc(-c2ncc(C(=O)O)cn2)c1.O. The highest BCUT2D eigenvalue weighted by atomic mass is 16.5. The molecule has 134 valence electrons. The van der Waals surface area contributed by atoms with Crippen LogP contribution in [-0.2, 0) is 0 Å². The second-order valence-corrected chi connectivity index (χ2v) is 4.85. The average Bonchev–Trinajstić information content (AvgIpc) is 2.64. The molecule has 0 saturated heterocycles. The first-order chi connectivity index (χ1) is 12.2. The zero-order chi connectivity index (χ0) is 17.6. The zero-order valence-corrected chi connectivity index (χ0v) is 13.8. The Morgan fingerprint density at radius 1 is 1.15 bits per heavy atom. The molecule has 0 amide bonds. The minimum atomic E-state index is -1.08. The lowest BCUT2D eigenvalue weighted by atomic mass is 10.2. The van der Waals surface area contributed by atoms with Gasteiger partial charge in [0.05, 0.1) is 18.4 Å². The van der Waals surface area contributed by atoms with Gasteiger partial charge in [-0.25, -0.2) is 19.7 Å². The van der Waals surface area contributed by atoms with Gasteiger partial charge in [0.2, 0.25) is 0 Å². The van der Waals surface area contributed by atoms with E-state index in [0.29, 0.717) is 35.4 Å². The number of carboxylic acid groups (broad SMARTS) is 1. The fraction of sp³-hybridized carbons (Fsp3) is 0.118. The molecule has 3 aromatic heterocycles. The van der Waals surface area contributed by atoms with E-state index in [1.54, 1.807) is 30.6 Å². The second kappa shape index (κ2) is 8.49. The van der Waals surface area contributed by atoms with Crippen molar-refractivity contribution in [2.24, 2.45) is 0 Å². The van der Waals surface area contributed by atoms with Crippen molar-refractivity contribution >= 4 is 5.97 Å². The van der Waals surface area contributed by atoms with Gasteiger partial charge in [0, 0.05) is 30.4 Å². The van der Waals surface area contributed by atoms with E-state index in [2.05, 4.69) is 19.9 Å². The van der Waals surface area contributed by atoms with Crippen LogP contribution in [0.3, 0.4) is 0 Å². The molecule has 0 fully saturated rings. The van der Waals surface area contributed by atoms with Crippen LogP contribution in [0.15, 0.2) is 49.2 Å². The number of hydrogen-bond donors (Lipinski definition) is 1. The number of aromatic carboxylic acids is 1. The third kappa shape index (κ3) is 4.28. The summed E-state index contributed by atoms with van der Waals surface area (Å²) in [5.74, 6) is 0.542. The monoisotopic (exact) mass is 356 g/mol. The Kier molecular flexibility index (Phi) is 6.12. The summed E-state index contributed by atoms with van der Waals surface area (Å²) in [6.07, 6.45) is 7.17. The van der Waals surface area contributed by atoms with Crippen molar-refractivity contribution in [3.63, 3.8) is 0 Å². The summed E-state index contributed by atoms with van der Waals surface area (Å²) in [5.41, 5.74) is 0.599. The minimum Gasteiger partial charge on any atom is -0.488 e. The molecule has 0 radical (unpaired) electrons. The first-order valence-electron chi connectivity index (χ1n) is 7.44.